The standard InChI is InChI=1S/C18H17BrO4S/c1-12-11-16(20)18(21,13-7-9-14(19)10-8-13)17(12)24(22,23)15-5-3-2-4-6-15/h2-10,12,17,21H,11H2,1H3/t12-,17+,18-/m1/s1. The van der Waals surface area contributed by atoms with Crippen molar-refractivity contribution < 1.29 is 18.3 Å². The van der Waals surface area contributed by atoms with Gasteiger partial charge in [-0.25, -0.2) is 8.42 Å². The van der Waals surface area contributed by atoms with E-state index in [1.807, 2.05) is 0 Å². The Hall–Kier alpha value is -1.50. The van der Waals surface area contributed by atoms with Crippen molar-refractivity contribution >= 4 is 31.6 Å². The molecule has 0 unspecified atom stereocenters. The first kappa shape index (κ1) is 17.3. The van der Waals surface area contributed by atoms with Crippen LogP contribution in [-0.4, -0.2) is 24.6 Å². The summed E-state index contributed by atoms with van der Waals surface area (Å²) in [5.41, 5.74) is -1.72. The van der Waals surface area contributed by atoms with E-state index in [2.05, 4.69) is 15.9 Å². The van der Waals surface area contributed by atoms with Gasteiger partial charge in [-0.3, -0.25) is 4.79 Å². The second-order valence-corrected chi connectivity index (χ2v) is 9.14. The Balaban J connectivity index is 2.17. The lowest BCUT2D eigenvalue weighted by Crippen LogP contribution is -2.46. The molecule has 24 heavy (non-hydrogen) atoms. The summed E-state index contributed by atoms with van der Waals surface area (Å²) < 4.78 is 27.0. The number of aliphatic hydroxyl groups is 1. The molecule has 126 valence electrons. The van der Waals surface area contributed by atoms with Gasteiger partial charge in [-0.1, -0.05) is 53.2 Å². The van der Waals surface area contributed by atoms with Crippen LogP contribution in [0.4, 0.5) is 0 Å². The van der Waals surface area contributed by atoms with Crippen molar-refractivity contribution in [3.63, 3.8) is 0 Å². The van der Waals surface area contributed by atoms with Gasteiger partial charge in [0.15, 0.2) is 21.2 Å². The number of hydrogen-bond acceptors (Lipinski definition) is 4. The summed E-state index contributed by atoms with van der Waals surface area (Å²) in [7, 11) is -3.87. The highest BCUT2D eigenvalue weighted by Crippen LogP contribution is 2.45. The van der Waals surface area contributed by atoms with Gasteiger partial charge in [0.05, 0.1) is 4.90 Å². The van der Waals surface area contributed by atoms with E-state index in [4.69, 9.17) is 0 Å². The molecule has 2 aromatic rings. The summed E-state index contributed by atoms with van der Waals surface area (Å²) in [5.74, 6) is -0.932. The summed E-state index contributed by atoms with van der Waals surface area (Å²) in [6.07, 6.45) is 0.0310. The summed E-state index contributed by atoms with van der Waals surface area (Å²) in [4.78, 5) is 12.7. The average Bonchev–Trinajstić information content (AvgIpc) is 2.79. The molecule has 6 heteroatoms. The summed E-state index contributed by atoms with van der Waals surface area (Å²) >= 11 is 3.31. The van der Waals surface area contributed by atoms with E-state index in [9.17, 15) is 18.3 Å². The van der Waals surface area contributed by atoms with Gasteiger partial charge in [-0.05, 0) is 35.7 Å². The van der Waals surface area contributed by atoms with E-state index in [0.29, 0.717) is 5.56 Å². The topological polar surface area (TPSA) is 71.4 Å². The zero-order valence-corrected chi connectivity index (χ0v) is 15.4. The lowest BCUT2D eigenvalue weighted by atomic mass is 9.90. The van der Waals surface area contributed by atoms with Crippen molar-refractivity contribution in [2.45, 2.75) is 29.1 Å². The van der Waals surface area contributed by atoms with E-state index in [1.165, 1.54) is 12.1 Å². The molecule has 0 aromatic heterocycles. The number of ketones is 1. The number of carbonyl (C=O) groups is 1. The molecule has 0 bridgehead atoms. The van der Waals surface area contributed by atoms with Gasteiger partial charge < -0.3 is 5.11 Å². The summed E-state index contributed by atoms with van der Waals surface area (Å²) in [6, 6.07) is 14.5. The molecule has 1 aliphatic rings. The number of benzene rings is 2. The second kappa shape index (κ2) is 6.10. The zero-order chi connectivity index (χ0) is 17.5. The van der Waals surface area contributed by atoms with Gasteiger partial charge in [0.2, 0.25) is 0 Å². The number of Topliss-reactive ketones (excluding diaryl/α,β-unsaturated/α-hetero) is 1. The summed E-state index contributed by atoms with van der Waals surface area (Å²) in [5, 5.41) is 10.00. The van der Waals surface area contributed by atoms with Crippen LogP contribution in [0.15, 0.2) is 64.0 Å². The maximum atomic E-state index is 13.1. The van der Waals surface area contributed by atoms with Gasteiger partial charge in [0, 0.05) is 10.9 Å². The fourth-order valence-electron chi connectivity index (χ4n) is 3.44. The Labute approximate surface area is 149 Å². The monoisotopic (exact) mass is 408 g/mol. The lowest BCUT2D eigenvalue weighted by molar-refractivity contribution is -0.133. The van der Waals surface area contributed by atoms with E-state index in [1.54, 1.807) is 49.4 Å². The smallest absolute Gasteiger partial charge is 0.185 e. The van der Waals surface area contributed by atoms with Crippen LogP contribution >= 0.6 is 15.9 Å². The van der Waals surface area contributed by atoms with Gasteiger partial charge in [-0.15, -0.1) is 0 Å². The lowest BCUT2D eigenvalue weighted by Gasteiger charge is -2.30. The van der Waals surface area contributed by atoms with E-state index < -0.39 is 32.4 Å². The molecule has 2 aromatic carbocycles. The number of sulfone groups is 1. The van der Waals surface area contributed by atoms with E-state index >= 15 is 0 Å². The summed E-state index contributed by atoms with van der Waals surface area (Å²) in [6.45, 7) is 1.69. The molecular weight excluding hydrogens is 392 g/mol. The Morgan fingerprint density at radius 2 is 1.67 bits per heavy atom. The fourth-order valence-corrected chi connectivity index (χ4v) is 5.96. The van der Waals surface area contributed by atoms with Crippen molar-refractivity contribution in [3.8, 4) is 0 Å². The van der Waals surface area contributed by atoms with E-state index in [-0.39, 0.29) is 11.3 Å². The highest BCUT2D eigenvalue weighted by molar-refractivity contribution is 9.10. The third-order valence-electron chi connectivity index (χ3n) is 4.55. The molecule has 0 amide bonds. The van der Waals surface area contributed by atoms with Crippen molar-refractivity contribution in [2.24, 2.45) is 5.92 Å². The molecular formula is C18H17BrO4S. The minimum atomic E-state index is -3.87. The van der Waals surface area contributed by atoms with Crippen LogP contribution in [-0.2, 0) is 20.2 Å². The molecule has 3 rings (SSSR count). The number of hydrogen-bond donors (Lipinski definition) is 1. The maximum absolute atomic E-state index is 13.1. The molecule has 0 radical (unpaired) electrons. The van der Waals surface area contributed by atoms with Gasteiger partial charge >= 0.3 is 0 Å². The molecule has 0 heterocycles. The average molecular weight is 409 g/mol. The van der Waals surface area contributed by atoms with Crippen molar-refractivity contribution in [3.05, 3.63) is 64.6 Å². The van der Waals surface area contributed by atoms with Crippen LogP contribution in [0.25, 0.3) is 0 Å². The van der Waals surface area contributed by atoms with Gasteiger partial charge in [0.1, 0.15) is 5.25 Å². The van der Waals surface area contributed by atoms with Crippen LogP contribution in [0, 0.1) is 5.92 Å². The first-order chi connectivity index (χ1) is 11.3. The minimum absolute atomic E-state index is 0.0310. The highest BCUT2D eigenvalue weighted by Gasteiger charge is 2.59. The van der Waals surface area contributed by atoms with Crippen molar-refractivity contribution in [1.29, 1.82) is 0 Å². The van der Waals surface area contributed by atoms with Crippen LogP contribution < -0.4 is 0 Å². The van der Waals surface area contributed by atoms with Crippen LogP contribution in [0.2, 0.25) is 0 Å². The number of halogens is 1. The highest BCUT2D eigenvalue weighted by atomic mass is 79.9. The Morgan fingerprint density at radius 3 is 2.25 bits per heavy atom. The quantitative estimate of drug-likeness (QED) is 0.846. The number of rotatable bonds is 3. The van der Waals surface area contributed by atoms with Crippen LogP contribution in [0.3, 0.4) is 0 Å². The third kappa shape index (κ3) is 2.62. The van der Waals surface area contributed by atoms with Gasteiger partial charge in [0.25, 0.3) is 0 Å². The van der Waals surface area contributed by atoms with Crippen LogP contribution in [0.5, 0.6) is 0 Å². The van der Waals surface area contributed by atoms with Crippen LogP contribution in [0.1, 0.15) is 18.9 Å². The molecule has 1 fully saturated rings. The zero-order valence-electron chi connectivity index (χ0n) is 13.0. The molecule has 0 aliphatic heterocycles. The predicted molar refractivity (Wildman–Crippen MR) is 94.2 cm³/mol. The Kier molecular flexibility index (Phi) is 4.40. The normalized spacial score (nSPS) is 27.4. The molecule has 1 saturated carbocycles. The van der Waals surface area contributed by atoms with Gasteiger partial charge in [-0.2, -0.15) is 0 Å². The maximum Gasteiger partial charge on any atom is 0.185 e. The first-order valence-electron chi connectivity index (χ1n) is 7.58. The number of carbonyl (C=O) groups excluding carboxylic acids is 1. The Bertz CT molecular complexity index is 862. The largest absolute Gasteiger partial charge is 0.376 e. The van der Waals surface area contributed by atoms with Crippen molar-refractivity contribution in [1.82, 2.24) is 0 Å². The second-order valence-electron chi connectivity index (χ2n) is 6.16. The predicted octanol–water partition coefficient (Wildman–Crippen LogP) is 3.09. The SMILES string of the molecule is C[C@@H]1CC(=O)[C@](O)(c2ccc(Br)cc2)[C@H]1S(=O)(=O)c1ccccc1. The molecule has 3 atom stereocenters. The van der Waals surface area contributed by atoms with Crippen molar-refractivity contribution in [2.75, 3.05) is 0 Å². The molecule has 1 N–H and O–H groups in total. The third-order valence-corrected chi connectivity index (χ3v) is 7.48. The molecule has 1 aliphatic carbocycles. The molecule has 4 nitrogen and oxygen atoms in total. The first-order valence-corrected chi connectivity index (χ1v) is 9.92. The Morgan fingerprint density at radius 1 is 1.08 bits per heavy atom. The fraction of sp³-hybridized carbons (Fsp3) is 0.278. The molecule has 0 spiro atoms. The minimum Gasteiger partial charge on any atom is -0.376 e. The van der Waals surface area contributed by atoms with E-state index in [0.717, 1.165) is 4.47 Å². The molecule has 0 saturated heterocycles.